The van der Waals surface area contributed by atoms with Crippen LogP contribution in [-0.4, -0.2) is 34.2 Å². The molecule has 0 aliphatic heterocycles. The molecule has 2 N–H and O–H groups in total. The van der Waals surface area contributed by atoms with E-state index in [1.165, 1.54) is 0 Å². The van der Waals surface area contributed by atoms with Crippen LogP contribution in [0.5, 0.6) is 11.5 Å². The number of aryl methyl sites for hydroxylation is 2. The van der Waals surface area contributed by atoms with Gasteiger partial charge < -0.3 is 19.8 Å². The van der Waals surface area contributed by atoms with Gasteiger partial charge in [0.2, 0.25) is 5.91 Å². The van der Waals surface area contributed by atoms with Crippen molar-refractivity contribution in [2.75, 3.05) is 14.2 Å². The van der Waals surface area contributed by atoms with Gasteiger partial charge >= 0.3 is 0 Å². The number of hydrogen-bond acceptors (Lipinski definition) is 5. The van der Waals surface area contributed by atoms with E-state index in [1.807, 2.05) is 42.5 Å². The SMILES string of the molecule is COc1ccc(CCn2cnc3c4ccccc4n(CC(N)=O)c3c2=O)cc1OC. The quantitative estimate of drug-likeness (QED) is 0.506. The topological polar surface area (TPSA) is 101 Å². The predicted octanol–water partition coefficient (Wildman–Crippen LogP) is 2.10. The summed E-state index contributed by atoms with van der Waals surface area (Å²) in [4.78, 5) is 29.4. The predicted molar refractivity (Wildman–Crippen MR) is 114 cm³/mol. The number of nitrogens with zero attached hydrogens (tertiary/aromatic N) is 3. The highest BCUT2D eigenvalue weighted by molar-refractivity contribution is 6.05. The lowest BCUT2D eigenvalue weighted by atomic mass is 10.1. The lowest BCUT2D eigenvalue weighted by molar-refractivity contribution is -0.118. The van der Waals surface area contributed by atoms with Crippen LogP contribution in [0.15, 0.2) is 53.6 Å². The first-order valence-electron chi connectivity index (χ1n) is 9.49. The molecule has 4 rings (SSSR count). The normalized spacial score (nSPS) is 11.1. The summed E-state index contributed by atoms with van der Waals surface area (Å²) in [6.45, 7) is 0.343. The van der Waals surface area contributed by atoms with Crippen molar-refractivity contribution in [1.82, 2.24) is 14.1 Å². The van der Waals surface area contributed by atoms with Crippen LogP contribution in [0.1, 0.15) is 5.56 Å². The number of rotatable bonds is 7. The lowest BCUT2D eigenvalue weighted by Gasteiger charge is -2.11. The first kappa shape index (κ1) is 19.5. The average molecular weight is 406 g/mol. The van der Waals surface area contributed by atoms with Crippen LogP contribution in [0, 0.1) is 0 Å². The summed E-state index contributed by atoms with van der Waals surface area (Å²) in [6.07, 6.45) is 2.15. The molecule has 154 valence electrons. The molecule has 0 bridgehead atoms. The lowest BCUT2D eigenvalue weighted by Crippen LogP contribution is -2.26. The highest BCUT2D eigenvalue weighted by Crippen LogP contribution is 2.28. The van der Waals surface area contributed by atoms with Crippen LogP contribution < -0.4 is 20.8 Å². The molecule has 8 nitrogen and oxygen atoms in total. The number of primary amides is 1. The molecule has 0 spiro atoms. The van der Waals surface area contributed by atoms with Gasteiger partial charge in [-0.1, -0.05) is 24.3 Å². The number of carbonyl (C=O) groups is 1. The van der Waals surface area contributed by atoms with Gasteiger partial charge in [-0.25, -0.2) is 4.98 Å². The van der Waals surface area contributed by atoms with Crippen molar-refractivity contribution < 1.29 is 14.3 Å². The van der Waals surface area contributed by atoms with Gasteiger partial charge in [0.1, 0.15) is 17.6 Å². The number of nitrogens with two attached hydrogens (primary N) is 1. The summed E-state index contributed by atoms with van der Waals surface area (Å²) in [5, 5.41) is 0.817. The highest BCUT2D eigenvalue weighted by Gasteiger charge is 2.17. The fraction of sp³-hybridized carbons (Fsp3) is 0.227. The summed E-state index contributed by atoms with van der Waals surface area (Å²) < 4.78 is 13.8. The van der Waals surface area contributed by atoms with Crippen LogP contribution in [0.2, 0.25) is 0 Å². The maximum Gasteiger partial charge on any atom is 0.277 e. The Labute approximate surface area is 172 Å². The molecule has 0 unspecified atom stereocenters. The van der Waals surface area contributed by atoms with Crippen molar-refractivity contribution in [2.45, 2.75) is 19.5 Å². The summed E-state index contributed by atoms with van der Waals surface area (Å²) >= 11 is 0. The molecule has 0 fully saturated rings. The van der Waals surface area contributed by atoms with Crippen LogP contribution in [0.3, 0.4) is 0 Å². The molecule has 30 heavy (non-hydrogen) atoms. The van der Waals surface area contributed by atoms with E-state index in [1.54, 1.807) is 29.7 Å². The van der Waals surface area contributed by atoms with E-state index in [9.17, 15) is 9.59 Å². The van der Waals surface area contributed by atoms with Crippen LogP contribution in [0.25, 0.3) is 21.9 Å². The molecular weight excluding hydrogens is 384 g/mol. The second-order valence-electron chi connectivity index (χ2n) is 6.95. The summed E-state index contributed by atoms with van der Waals surface area (Å²) in [6, 6.07) is 13.1. The van der Waals surface area contributed by atoms with E-state index in [2.05, 4.69) is 4.98 Å². The second-order valence-corrected chi connectivity index (χ2v) is 6.95. The largest absolute Gasteiger partial charge is 0.493 e. The fourth-order valence-corrected chi connectivity index (χ4v) is 3.71. The molecule has 0 saturated heterocycles. The Morgan fingerprint density at radius 3 is 2.60 bits per heavy atom. The van der Waals surface area contributed by atoms with E-state index in [0.29, 0.717) is 35.5 Å². The van der Waals surface area contributed by atoms with E-state index in [-0.39, 0.29) is 12.1 Å². The van der Waals surface area contributed by atoms with Gasteiger partial charge in [0, 0.05) is 11.9 Å². The third kappa shape index (κ3) is 3.36. The first-order chi connectivity index (χ1) is 14.5. The zero-order chi connectivity index (χ0) is 21.3. The molecule has 2 heterocycles. The summed E-state index contributed by atoms with van der Waals surface area (Å²) in [5.41, 5.74) is 7.92. The number of benzene rings is 2. The van der Waals surface area contributed by atoms with Gasteiger partial charge in [0.05, 0.1) is 26.1 Å². The van der Waals surface area contributed by atoms with Crippen LogP contribution >= 0.6 is 0 Å². The number of hydrogen-bond donors (Lipinski definition) is 1. The van der Waals surface area contributed by atoms with Crippen LogP contribution in [-0.2, 0) is 24.3 Å². The minimum atomic E-state index is -0.516. The van der Waals surface area contributed by atoms with Gasteiger partial charge in [-0.3, -0.25) is 14.2 Å². The molecule has 2 aromatic heterocycles. The zero-order valence-electron chi connectivity index (χ0n) is 16.8. The maximum atomic E-state index is 13.3. The molecular formula is C22H22N4O4. The standard InChI is InChI=1S/C22H22N4O4/c1-29-17-8-7-14(11-18(17)30-2)9-10-25-13-24-20-15-5-3-4-6-16(15)26(12-19(23)27)21(20)22(25)28/h3-8,11,13H,9-10,12H2,1-2H3,(H2,23,27). The third-order valence-corrected chi connectivity index (χ3v) is 5.14. The number of fused-ring (bicyclic) bond motifs is 3. The van der Waals surface area contributed by atoms with E-state index in [0.717, 1.165) is 16.5 Å². The Balaban J connectivity index is 1.74. The monoisotopic (exact) mass is 406 g/mol. The summed E-state index contributed by atoms with van der Waals surface area (Å²) in [7, 11) is 3.17. The van der Waals surface area contributed by atoms with E-state index < -0.39 is 5.91 Å². The fourth-order valence-electron chi connectivity index (χ4n) is 3.71. The Hall–Kier alpha value is -3.81. The van der Waals surface area contributed by atoms with Gasteiger partial charge in [-0.05, 0) is 30.2 Å². The number of ether oxygens (including phenoxy) is 2. The van der Waals surface area contributed by atoms with Crippen molar-refractivity contribution in [3.63, 3.8) is 0 Å². The van der Waals surface area contributed by atoms with Crippen molar-refractivity contribution in [3.8, 4) is 11.5 Å². The number of methoxy groups -OCH3 is 2. The van der Waals surface area contributed by atoms with Gasteiger partial charge in [-0.15, -0.1) is 0 Å². The van der Waals surface area contributed by atoms with Crippen molar-refractivity contribution >= 4 is 27.8 Å². The van der Waals surface area contributed by atoms with Crippen molar-refractivity contribution in [1.29, 1.82) is 0 Å². The van der Waals surface area contributed by atoms with Gasteiger partial charge in [-0.2, -0.15) is 0 Å². The molecule has 4 aromatic rings. The molecule has 0 aliphatic carbocycles. The zero-order valence-corrected chi connectivity index (χ0v) is 16.8. The number of aromatic nitrogens is 3. The van der Waals surface area contributed by atoms with Crippen LogP contribution in [0.4, 0.5) is 0 Å². The molecule has 1 amide bonds. The Bertz CT molecular complexity index is 1310. The molecule has 0 aliphatic rings. The van der Waals surface area contributed by atoms with Gasteiger partial charge in [0.15, 0.2) is 11.5 Å². The average Bonchev–Trinajstić information content (AvgIpc) is 3.07. The second kappa shape index (κ2) is 7.90. The minimum absolute atomic E-state index is 0.0827. The molecule has 2 aromatic carbocycles. The van der Waals surface area contributed by atoms with Crippen molar-refractivity contribution in [3.05, 3.63) is 64.7 Å². The highest BCUT2D eigenvalue weighted by atomic mass is 16.5. The van der Waals surface area contributed by atoms with Crippen molar-refractivity contribution in [2.24, 2.45) is 5.73 Å². The smallest absolute Gasteiger partial charge is 0.277 e. The Morgan fingerprint density at radius 1 is 1.10 bits per heavy atom. The molecule has 0 radical (unpaired) electrons. The third-order valence-electron chi connectivity index (χ3n) is 5.14. The molecule has 0 atom stereocenters. The number of carbonyl (C=O) groups excluding carboxylic acids is 1. The maximum absolute atomic E-state index is 13.3. The number of amides is 1. The van der Waals surface area contributed by atoms with E-state index in [4.69, 9.17) is 15.2 Å². The molecule has 0 saturated carbocycles. The molecule has 8 heteroatoms. The van der Waals surface area contributed by atoms with Gasteiger partial charge in [0.25, 0.3) is 5.56 Å². The van der Waals surface area contributed by atoms with E-state index >= 15 is 0 Å². The number of para-hydroxylation sites is 1. The first-order valence-corrected chi connectivity index (χ1v) is 9.49. The Kier molecular flexibility index (Phi) is 5.14. The minimum Gasteiger partial charge on any atom is -0.493 e. The summed E-state index contributed by atoms with van der Waals surface area (Å²) in [5.74, 6) is 0.771. The Morgan fingerprint density at radius 2 is 1.87 bits per heavy atom.